The molecule has 0 bridgehead atoms. The van der Waals surface area contributed by atoms with Crippen LogP contribution in [0.3, 0.4) is 0 Å². The van der Waals surface area contributed by atoms with Crippen molar-refractivity contribution >= 4 is 16.9 Å². The highest BCUT2D eigenvalue weighted by atomic mass is 16.5. The summed E-state index contributed by atoms with van der Waals surface area (Å²) in [4.78, 5) is 25.6. The van der Waals surface area contributed by atoms with Crippen molar-refractivity contribution in [3.63, 3.8) is 0 Å². The molecule has 4 rings (SSSR count). The molecule has 0 saturated heterocycles. The van der Waals surface area contributed by atoms with E-state index in [1.165, 1.54) is 0 Å². The molecule has 0 aliphatic carbocycles. The van der Waals surface area contributed by atoms with Crippen LogP contribution in [0.2, 0.25) is 0 Å². The van der Waals surface area contributed by atoms with Crippen LogP contribution in [-0.2, 0) is 6.42 Å². The highest BCUT2D eigenvalue weighted by molar-refractivity contribution is 5.99. The SMILES string of the molecule is CCCOc1ccc(C2NC(=O)c3oc4ccc(CC)cc4c(=O)c32)cc1. The average Bonchev–Trinajstić information content (AvgIpc) is 3.03. The van der Waals surface area contributed by atoms with Crippen molar-refractivity contribution in [2.24, 2.45) is 0 Å². The number of ether oxygens (including phenoxy) is 1. The molecule has 0 fully saturated rings. The normalized spacial score (nSPS) is 15.6. The Morgan fingerprint density at radius 2 is 1.85 bits per heavy atom. The van der Waals surface area contributed by atoms with Crippen molar-refractivity contribution in [3.05, 3.63) is 75.1 Å². The predicted molar refractivity (Wildman–Crippen MR) is 103 cm³/mol. The minimum Gasteiger partial charge on any atom is -0.494 e. The van der Waals surface area contributed by atoms with Gasteiger partial charge < -0.3 is 14.5 Å². The molecule has 2 aromatic carbocycles. The predicted octanol–water partition coefficient (Wildman–Crippen LogP) is 3.98. The molecule has 2 heterocycles. The van der Waals surface area contributed by atoms with Crippen LogP contribution in [0.25, 0.3) is 11.0 Å². The maximum Gasteiger partial charge on any atom is 0.288 e. The molecule has 1 aliphatic heterocycles. The molecular formula is C22H21NO4. The van der Waals surface area contributed by atoms with E-state index in [9.17, 15) is 9.59 Å². The zero-order valence-corrected chi connectivity index (χ0v) is 15.4. The van der Waals surface area contributed by atoms with Crippen LogP contribution in [-0.4, -0.2) is 12.5 Å². The number of rotatable bonds is 5. The molecule has 138 valence electrons. The summed E-state index contributed by atoms with van der Waals surface area (Å²) in [6, 6.07) is 12.5. The summed E-state index contributed by atoms with van der Waals surface area (Å²) < 4.78 is 11.4. The van der Waals surface area contributed by atoms with Gasteiger partial charge in [-0.15, -0.1) is 0 Å². The van der Waals surface area contributed by atoms with Crippen LogP contribution in [0, 0.1) is 0 Å². The Labute approximate surface area is 157 Å². The number of hydrogen-bond acceptors (Lipinski definition) is 4. The number of fused-ring (bicyclic) bond motifs is 2. The van der Waals surface area contributed by atoms with Crippen LogP contribution < -0.4 is 15.5 Å². The summed E-state index contributed by atoms with van der Waals surface area (Å²) in [5.41, 5.74) is 2.54. The first-order valence-corrected chi connectivity index (χ1v) is 9.25. The fourth-order valence-electron chi connectivity index (χ4n) is 3.40. The van der Waals surface area contributed by atoms with E-state index in [-0.39, 0.29) is 17.1 Å². The third kappa shape index (κ3) is 2.99. The number of benzene rings is 2. The molecule has 1 aromatic heterocycles. The number of nitrogens with one attached hydrogen (secondary N) is 1. The molecule has 1 unspecified atom stereocenters. The number of amides is 1. The summed E-state index contributed by atoms with van der Waals surface area (Å²) in [7, 11) is 0. The maximum atomic E-state index is 13.1. The Bertz CT molecular complexity index is 1070. The molecule has 0 radical (unpaired) electrons. The number of carbonyl (C=O) groups excluding carboxylic acids is 1. The fraction of sp³-hybridized carbons (Fsp3) is 0.273. The molecule has 5 nitrogen and oxygen atoms in total. The number of aryl methyl sites for hydroxylation is 1. The van der Waals surface area contributed by atoms with E-state index in [1.807, 2.05) is 50.2 Å². The highest BCUT2D eigenvalue weighted by Crippen LogP contribution is 2.32. The van der Waals surface area contributed by atoms with Gasteiger partial charge in [0.15, 0.2) is 5.43 Å². The Morgan fingerprint density at radius 3 is 2.56 bits per heavy atom. The maximum absolute atomic E-state index is 13.1. The van der Waals surface area contributed by atoms with E-state index >= 15 is 0 Å². The van der Waals surface area contributed by atoms with Crippen molar-refractivity contribution in [1.29, 1.82) is 0 Å². The van der Waals surface area contributed by atoms with Crippen LogP contribution in [0.4, 0.5) is 0 Å². The molecule has 1 aliphatic rings. The third-order valence-corrected chi connectivity index (χ3v) is 4.85. The first kappa shape index (κ1) is 17.3. The van der Waals surface area contributed by atoms with Gasteiger partial charge in [-0.3, -0.25) is 9.59 Å². The molecule has 0 saturated carbocycles. The molecule has 1 atom stereocenters. The van der Waals surface area contributed by atoms with Crippen molar-refractivity contribution in [2.75, 3.05) is 6.61 Å². The molecular weight excluding hydrogens is 342 g/mol. The largest absolute Gasteiger partial charge is 0.494 e. The number of carbonyl (C=O) groups is 1. The zero-order chi connectivity index (χ0) is 19.0. The van der Waals surface area contributed by atoms with Gasteiger partial charge >= 0.3 is 0 Å². The molecule has 27 heavy (non-hydrogen) atoms. The first-order valence-electron chi connectivity index (χ1n) is 9.25. The van der Waals surface area contributed by atoms with Crippen molar-refractivity contribution in [3.8, 4) is 5.75 Å². The van der Waals surface area contributed by atoms with Gasteiger partial charge in [0.1, 0.15) is 11.3 Å². The van der Waals surface area contributed by atoms with E-state index in [0.717, 1.165) is 29.7 Å². The van der Waals surface area contributed by atoms with Crippen LogP contribution in [0.15, 0.2) is 51.7 Å². The van der Waals surface area contributed by atoms with Gasteiger partial charge in [0, 0.05) is 0 Å². The lowest BCUT2D eigenvalue weighted by molar-refractivity contribution is 0.0938. The second kappa shape index (κ2) is 6.91. The lowest BCUT2D eigenvalue weighted by Gasteiger charge is -2.13. The van der Waals surface area contributed by atoms with Gasteiger partial charge in [0.2, 0.25) is 5.76 Å². The van der Waals surface area contributed by atoms with E-state index in [1.54, 1.807) is 6.07 Å². The Morgan fingerprint density at radius 1 is 1.07 bits per heavy atom. The standard InChI is InChI=1S/C22H21NO4/c1-3-11-26-15-8-6-14(7-9-15)19-18-20(24)16-12-13(4-2)5-10-17(16)27-21(18)22(25)23-19/h5-10,12,19H,3-4,11H2,1-2H3,(H,23,25). The second-order valence-electron chi connectivity index (χ2n) is 6.68. The third-order valence-electron chi connectivity index (χ3n) is 4.85. The molecule has 1 amide bonds. The van der Waals surface area contributed by atoms with Crippen LogP contribution in [0.1, 0.15) is 53.6 Å². The summed E-state index contributed by atoms with van der Waals surface area (Å²) in [6.45, 7) is 4.73. The van der Waals surface area contributed by atoms with Gasteiger partial charge in [0.05, 0.1) is 23.6 Å². The summed E-state index contributed by atoms with van der Waals surface area (Å²) >= 11 is 0. The van der Waals surface area contributed by atoms with E-state index in [4.69, 9.17) is 9.15 Å². The van der Waals surface area contributed by atoms with E-state index in [0.29, 0.717) is 23.1 Å². The quantitative estimate of drug-likeness (QED) is 0.744. The van der Waals surface area contributed by atoms with Crippen LogP contribution >= 0.6 is 0 Å². The average molecular weight is 363 g/mol. The van der Waals surface area contributed by atoms with Gasteiger partial charge in [-0.05, 0) is 48.2 Å². The van der Waals surface area contributed by atoms with E-state index in [2.05, 4.69) is 5.32 Å². The molecule has 1 N–H and O–H groups in total. The second-order valence-corrected chi connectivity index (χ2v) is 6.68. The molecule has 0 spiro atoms. The Hall–Kier alpha value is -3.08. The first-order chi connectivity index (χ1) is 13.1. The minimum atomic E-state index is -0.515. The van der Waals surface area contributed by atoms with Crippen molar-refractivity contribution < 1.29 is 13.9 Å². The number of hydrogen-bond donors (Lipinski definition) is 1. The smallest absolute Gasteiger partial charge is 0.288 e. The summed E-state index contributed by atoms with van der Waals surface area (Å²) in [5, 5.41) is 3.38. The topological polar surface area (TPSA) is 68.5 Å². The fourth-order valence-corrected chi connectivity index (χ4v) is 3.40. The Balaban J connectivity index is 1.80. The Kier molecular flexibility index (Phi) is 4.44. The van der Waals surface area contributed by atoms with Crippen LogP contribution in [0.5, 0.6) is 5.75 Å². The van der Waals surface area contributed by atoms with Gasteiger partial charge in [-0.25, -0.2) is 0 Å². The lowest BCUT2D eigenvalue weighted by atomic mass is 9.98. The van der Waals surface area contributed by atoms with Crippen molar-refractivity contribution in [2.45, 2.75) is 32.7 Å². The van der Waals surface area contributed by atoms with Gasteiger partial charge in [0.25, 0.3) is 5.91 Å². The van der Waals surface area contributed by atoms with Gasteiger partial charge in [-0.2, -0.15) is 0 Å². The summed E-state index contributed by atoms with van der Waals surface area (Å²) in [5.74, 6) is 0.510. The monoisotopic (exact) mass is 363 g/mol. The van der Waals surface area contributed by atoms with Crippen molar-refractivity contribution in [1.82, 2.24) is 5.32 Å². The molecule has 3 aromatic rings. The highest BCUT2D eigenvalue weighted by Gasteiger charge is 2.35. The summed E-state index contributed by atoms with van der Waals surface area (Å²) in [6.07, 6.45) is 1.76. The lowest BCUT2D eigenvalue weighted by Crippen LogP contribution is -2.21. The zero-order valence-electron chi connectivity index (χ0n) is 15.4. The van der Waals surface area contributed by atoms with Gasteiger partial charge in [-0.1, -0.05) is 32.0 Å². The molecule has 5 heteroatoms. The minimum absolute atomic E-state index is 0.105. The van der Waals surface area contributed by atoms with E-state index < -0.39 is 6.04 Å².